The van der Waals surface area contributed by atoms with Gasteiger partial charge in [-0.1, -0.05) is 19.1 Å². The van der Waals surface area contributed by atoms with Crippen molar-refractivity contribution in [3.63, 3.8) is 0 Å². The van der Waals surface area contributed by atoms with Crippen molar-refractivity contribution in [2.24, 2.45) is 11.7 Å². The predicted octanol–water partition coefficient (Wildman–Crippen LogP) is 1.50. The highest BCUT2D eigenvalue weighted by Gasteiger charge is 2.09. The SMILES string of the molecule is CC([CH]c1ccc(F)cc1)C(N)=O. The normalized spacial score (nSPS) is 12.5. The molecule has 0 heterocycles. The summed E-state index contributed by atoms with van der Waals surface area (Å²) < 4.78 is 12.5. The van der Waals surface area contributed by atoms with E-state index < -0.39 is 0 Å². The molecule has 0 fully saturated rings. The zero-order valence-electron chi connectivity index (χ0n) is 7.33. The third-order valence-corrected chi connectivity index (χ3v) is 1.76. The van der Waals surface area contributed by atoms with Crippen molar-refractivity contribution in [2.45, 2.75) is 6.92 Å². The maximum absolute atomic E-state index is 12.5. The summed E-state index contributed by atoms with van der Waals surface area (Å²) >= 11 is 0. The van der Waals surface area contributed by atoms with Crippen LogP contribution < -0.4 is 5.73 Å². The van der Waals surface area contributed by atoms with Crippen LogP contribution in [0.15, 0.2) is 24.3 Å². The summed E-state index contributed by atoms with van der Waals surface area (Å²) in [6, 6.07) is 5.91. The van der Waals surface area contributed by atoms with Gasteiger partial charge < -0.3 is 5.73 Å². The second-order valence-electron chi connectivity index (χ2n) is 2.91. The van der Waals surface area contributed by atoms with E-state index >= 15 is 0 Å². The molecule has 1 atom stereocenters. The van der Waals surface area contributed by atoms with Crippen molar-refractivity contribution in [1.29, 1.82) is 0 Å². The lowest BCUT2D eigenvalue weighted by atomic mass is 10.0. The minimum atomic E-state index is -0.385. The van der Waals surface area contributed by atoms with Crippen molar-refractivity contribution >= 4 is 5.91 Å². The van der Waals surface area contributed by atoms with Crippen LogP contribution in [0.1, 0.15) is 12.5 Å². The van der Waals surface area contributed by atoms with E-state index in [2.05, 4.69) is 0 Å². The lowest BCUT2D eigenvalue weighted by Gasteiger charge is -2.05. The van der Waals surface area contributed by atoms with Crippen molar-refractivity contribution in [3.05, 3.63) is 42.1 Å². The molecule has 0 aliphatic rings. The predicted molar refractivity (Wildman–Crippen MR) is 48.2 cm³/mol. The Morgan fingerprint density at radius 1 is 1.46 bits per heavy atom. The Kier molecular flexibility index (Phi) is 3.01. The Labute approximate surface area is 76.6 Å². The first-order valence-corrected chi connectivity index (χ1v) is 3.99. The van der Waals surface area contributed by atoms with Crippen LogP contribution in [0.2, 0.25) is 0 Å². The number of nitrogens with two attached hydrogens (primary N) is 1. The second kappa shape index (κ2) is 4.03. The molecule has 0 aliphatic heterocycles. The molecular formula is C10H11FNO. The molecule has 2 nitrogen and oxygen atoms in total. The Balaban J connectivity index is 2.64. The van der Waals surface area contributed by atoms with E-state index in [1.165, 1.54) is 12.1 Å². The molecule has 69 valence electrons. The van der Waals surface area contributed by atoms with Crippen molar-refractivity contribution in [1.82, 2.24) is 0 Å². The van der Waals surface area contributed by atoms with Gasteiger partial charge in [0.15, 0.2) is 0 Å². The Bertz CT molecular complexity index is 294. The standard InChI is InChI=1S/C10H11FNO/c1-7(10(12)13)6-8-2-4-9(11)5-3-8/h2-7H,1H3,(H2,12,13). The topological polar surface area (TPSA) is 43.1 Å². The van der Waals surface area contributed by atoms with Gasteiger partial charge in [0.1, 0.15) is 5.82 Å². The maximum Gasteiger partial charge on any atom is 0.220 e. The molecule has 0 saturated heterocycles. The van der Waals surface area contributed by atoms with Crippen molar-refractivity contribution in [3.8, 4) is 0 Å². The third-order valence-electron chi connectivity index (χ3n) is 1.76. The Hall–Kier alpha value is -1.38. The van der Waals surface area contributed by atoms with Gasteiger partial charge >= 0.3 is 0 Å². The molecule has 0 spiro atoms. The van der Waals surface area contributed by atoms with E-state index in [1.807, 2.05) is 0 Å². The highest BCUT2D eigenvalue weighted by molar-refractivity contribution is 5.78. The molecule has 1 aromatic carbocycles. The van der Waals surface area contributed by atoms with Crippen molar-refractivity contribution in [2.75, 3.05) is 0 Å². The lowest BCUT2D eigenvalue weighted by molar-refractivity contribution is -0.120. The van der Waals surface area contributed by atoms with E-state index in [0.717, 1.165) is 5.56 Å². The Morgan fingerprint density at radius 3 is 2.46 bits per heavy atom. The summed E-state index contributed by atoms with van der Waals surface area (Å²) in [4.78, 5) is 10.7. The Morgan fingerprint density at radius 2 is 2.00 bits per heavy atom. The minimum Gasteiger partial charge on any atom is -0.369 e. The number of hydrogen-bond acceptors (Lipinski definition) is 1. The minimum absolute atomic E-state index is 0.288. The van der Waals surface area contributed by atoms with Gasteiger partial charge in [-0.2, -0.15) is 0 Å². The lowest BCUT2D eigenvalue weighted by Crippen LogP contribution is -2.21. The summed E-state index contributed by atoms with van der Waals surface area (Å²) in [7, 11) is 0. The molecule has 0 aliphatic carbocycles. The van der Waals surface area contributed by atoms with E-state index in [0.29, 0.717) is 0 Å². The number of primary amides is 1. The van der Waals surface area contributed by atoms with Crippen LogP contribution in [0.25, 0.3) is 0 Å². The fourth-order valence-electron chi connectivity index (χ4n) is 0.945. The largest absolute Gasteiger partial charge is 0.369 e. The van der Waals surface area contributed by atoms with Gasteiger partial charge in [-0.15, -0.1) is 0 Å². The third kappa shape index (κ3) is 2.86. The molecule has 3 heteroatoms. The van der Waals surface area contributed by atoms with E-state index in [9.17, 15) is 9.18 Å². The quantitative estimate of drug-likeness (QED) is 0.752. The van der Waals surface area contributed by atoms with Crippen LogP contribution in [0, 0.1) is 18.2 Å². The molecule has 1 aromatic rings. The maximum atomic E-state index is 12.5. The van der Waals surface area contributed by atoms with Gasteiger partial charge in [0.2, 0.25) is 5.91 Å². The monoisotopic (exact) mass is 180 g/mol. The van der Waals surface area contributed by atoms with Gasteiger partial charge in [0.25, 0.3) is 0 Å². The molecule has 0 bridgehead atoms. The molecular weight excluding hydrogens is 169 g/mol. The highest BCUT2D eigenvalue weighted by Crippen LogP contribution is 2.11. The average molecular weight is 180 g/mol. The number of carbonyl (C=O) groups excluding carboxylic acids is 1. The number of halogens is 1. The molecule has 1 amide bonds. The number of amides is 1. The van der Waals surface area contributed by atoms with E-state index in [1.54, 1.807) is 25.5 Å². The first-order valence-electron chi connectivity index (χ1n) is 3.99. The van der Waals surface area contributed by atoms with E-state index in [-0.39, 0.29) is 17.6 Å². The smallest absolute Gasteiger partial charge is 0.220 e. The molecule has 13 heavy (non-hydrogen) atoms. The van der Waals surface area contributed by atoms with Crippen LogP contribution >= 0.6 is 0 Å². The fourth-order valence-corrected chi connectivity index (χ4v) is 0.945. The van der Waals surface area contributed by atoms with Gasteiger partial charge in [-0.3, -0.25) is 4.79 Å². The van der Waals surface area contributed by atoms with Crippen LogP contribution in [0.5, 0.6) is 0 Å². The number of rotatable bonds is 3. The molecule has 1 radical (unpaired) electrons. The van der Waals surface area contributed by atoms with Crippen molar-refractivity contribution < 1.29 is 9.18 Å². The zero-order chi connectivity index (χ0) is 9.84. The first-order chi connectivity index (χ1) is 6.09. The van der Waals surface area contributed by atoms with E-state index in [4.69, 9.17) is 5.73 Å². The fraction of sp³-hybridized carbons (Fsp3) is 0.200. The first kappa shape index (κ1) is 9.71. The van der Waals surface area contributed by atoms with Gasteiger partial charge in [0.05, 0.1) is 0 Å². The zero-order valence-corrected chi connectivity index (χ0v) is 7.33. The highest BCUT2D eigenvalue weighted by atomic mass is 19.1. The summed E-state index contributed by atoms with van der Waals surface area (Å²) in [5.41, 5.74) is 5.87. The van der Waals surface area contributed by atoms with Crippen LogP contribution in [-0.4, -0.2) is 5.91 Å². The summed E-state index contributed by atoms with van der Waals surface area (Å²) in [5.74, 6) is -1.00. The average Bonchev–Trinajstić information content (AvgIpc) is 2.08. The summed E-state index contributed by atoms with van der Waals surface area (Å²) in [5, 5.41) is 0. The van der Waals surface area contributed by atoms with Crippen LogP contribution in [-0.2, 0) is 4.79 Å². The molecule has 1 unspecified atom stereocenters. The van der Waals surface area contributed by atoms with Crippen LogP contribution in [0.3, 0.4) is 0 Å². The second-order valence-corrected chi connectivity index (χ2v) is 2.91. The molecule has 2 N–H and O–H groups in total. The van der Waals surface area contributed by atoms with Gasteiger partial charge in [-0.05, 0) is 17.7 Å². The molecule has 0 saturated carbocycles. The van der Waals surface area contributed by atoms with Gasteiger partial charge in [-0.25, -0.2) is 4.39 Å². The number of benzene rings is 1. The summed E-state index contributed by atoms with van der Waals surface area (Å²) in [6.45, 7) is 1.70. The molecule has 0 aromatic heterocycles. The number of hydrogen-bond donors (Lipinski definition) is 1. The molecule has 1 rings (SSSR count). The summed E-state index contributed by atoms with van der Waals surface area (Å²) in [6.07, 6.45) is 1.70. The van der Waals surface area contributed by atoms with Gasteiger partial charge in [0, 0.05) is 12.3 Å². The number of carbonyl (C=O) groups is 1. The van der Waals surface area contributed by atoms with Crippen LogP contribution in [0.4, 0.5) is 4.39 Å².